The molecular formula is C18H24N4O3. The summed E-state index contributed by atoms with van der Waals surface area (Å²) >= 11 is 0. The molecule has 2 amide bonds. The average Bonchev–Trinajstić information content (AvgIpc) is 2.99. The zero-order valence-electron chi connectivity index (χ0n) is 14.7. The number of rotatable bonds is 8. The Morgan fingerprint density at radius 1 is 1.36 bits per heavy atom. The van der Waals surface area contributed by atoms with Crippen molar-refractivity contribution in [3.05, 3.63) is 46.3 Å². The summed E-state index contributed by atoms with van der Waals surface area (Å²) in [4.78, 5) is 28.9. The van der Waals surface area contributed by atoms with Crippen molar-refractivity contribution in [3.63, 3.8) is 0 Å². The summed E-state index contributed by atoms with van der Waals surface area (Å²) in [6.07, 6.45) is 2.08. The predicted octanol–water partition coefficient (Wildman–Crippen LogP) is 4.08. The van der Waals surface area contributed by atoms with Gasteiger partial charge in [0.1, 0.15) is 12.6 Å². The lowest BCUT2D eigenvalue weighted by atomic mass is 9.94. The summed E-state index contributed by atoms with van der Waals surface area (Å²) in [5, 5.41) is 3.66. The highest BCUT2D eigenvalue weighted by molar-refractivity contribution is 5.96. The third kappa shape index (κ3) is 4.73. The van der Waals surface area contributed by atoms with Crippen molar-refractivity contribution in [1.29, 1.82) is 0 Å². The number of ether oxygens (including phenoxy) is 1. The van der Waals surface area contributed by atoms with E-state index in [0.29, 0.717) is 12.8 Å². The van der Waals surface area contributed by atoms with Crippen molar-refractivity contribution in [2.24, 2.45) is 11.0 Å². The first-order valence-corrected chi connectivity index (χ1v) is 8.68. The largest absolute Gasteiger partial charge is 0.447 e. The molecule has 2 atom stereocenters. The Morgan fingerprint density at radius 2 is 2.04 bits per heavy atom. The van der Waals surface area contributed by atoms with Gasteiger partial charge in [0.25, 0.3) is 0 Å². The van der Waals surface area contributed by atoms with Crippen LogP contribution in [0.15, 0.2) is 35.4 Å². The van der Waals surface area contributed by atoms with Crippen LogP contribution in [0, 0.1) is 5.92 Å². The molecule has 1 aliphatic rings. The zero-order chi connectivity index (χ0) is 18.2. The second-order valence-electron chi connectivity index (χ2n) is 6.27. The first-order chi connectivity index (χ1) is 12.1. The zero-order valence-corrected chi connectivity index (χ0v) is 14.7. The molecule has 0 N–H and O–H groups in total. The highest BCUT2D eigenvalue weighted by Crippen LogP contribution is 2.23. The van der Waals surface area contributed by atoms with Crippen LogP contribution in [0.1, 0.15) is 38.7 Å². The van der Waals surface area contributed by atoms with Gasteiger partial charge in [-0.25, -0.2) is 9.69 Å². The van der Waals surface area contributed by atoms with Crippen LogP contribution in [0.25, 0.3) is 10.4 Å². The molecule has 0 radical (unpaired) electrons. The fraction of sp³-hybridized carbons (Fsp3) is 0.556. The second-order valence-corrected chi connectivity index (χ2v) is 6.27. The molecule has 1 saturated heterocycles. The van der Waals surface area contributed by atoms with Crippen LogP contribution >= 0.6 is 0 Å². The summed E-state index contributed by atoms with van der Waals surface area (Å²) in [7, 11) is 0. The first kappa shape index (κ1) is 18.8. The van der Waals surface area contributed by atoms with Crippen LogP contribution in [0.4, 0.5) is 4.79 Å². The van der Waals surface area contributed by atoms with Gasteiger partial charge < -0.3 is 4.74 Å². The van der Waals surface area contributed by atoms with Gasteiger partial charge in [0.2, 0.25) is 5.91 Å². The number of azide groups is 1. The van der Waals surface area contributed by atoms with Crippen molar-refractivity contribution in [1.82, 2.24) is 4.90 Å². The van der Waals surface area contributed by atoms with Gasteiger partial charge in [0.15, 0.2) is 0 Å². The SMILES string of the molecule is CCC(CC)C[C@H](N=[N+]=[N-])C(=O)N1C(=O)OC[C@@H]1Cc1ccccc1. The first-order valence-electron chi connectivity index (χ1n) is 8.68. The van der Waals surface area contributed by atoms with Crippen LogP contribution < -0.4 is 0 Å². The molecule has 1 heterocycles. The number of hydrogen-bond acceptors (Lipinski definition) is 4. The number of carbonyl (C=O) groups excluding carboxylic acids is 2. The monoisotopic (exact) mass is 344 g/mol. The minimum atomic E-state index is -0.876. The fourth-order valence-corrected chi connectivity index (χ4v) is 3.12. The molecule has 0 unspecified atom stereocenters. The normalized spacial score (nSPS) is 18.0. The minimum absolute atomic E-state index is 0.160. The van der Waals surface area contributed by atoms with Gasteiger partial charge >= 0.3 is 6.09 Å². The van der Waals surface area contributed by atoms with Gasteiger partial charge in [-0.3, -0.25) is 4.79 Å². The Morgan fingerprint density at radius 3 is 2.64 bits per heavy atom. The van der Waals surface area contributed by atoms with E-state index >= 15 is 0 Å². The fourth-order valence-electron chi connectivity index (χ4n) is 3.12. The number of imide groups is 1. The van der Waals surface area contributed by atoms with Crippen molar-refractivity contribution in [2.75, 3.05) is 6.61 Å². The predicted molar refractivity (Wildman–Crippen MR) is 93.8 cm³/mol. The van der Waals surface area contributed by atoms with Crippen LogP contribution in [0.2, 0.25) is 0 Å². The van der Waals surface area contributed by atoms with Gasteiger partial charge in [-0.2, -0.15) is 0 Å². The molecule has 0 aliphatic carbocycles. The van der Waals surface area contributed by atoms with Gasteiger partial charge in [-0.15, -0.1) is 0 Å². The van der Waals surface area contributed by atoms with E-state index in [0.717, 1.165) is 23.3 Å². The summed E-state index contributed by atoms with van der Waals surface area (Å²) in [6.45, 7) is 4.23. The summed E-state index contributed by atoms with van der Waals surface area (Å²) in [5.41, 5.74) is 9.84. The molecule has 1 aromatic rings. The summed E-state index contributed by atoms with van der Waals surface area (Å²) in [5.74, 6) is -0.196. The van der Waals surface area contributed by atoms with E-state index in [9.17, 15) is 9.59 Å². The molecule has 1 fully saturated rings. The van der Waals surface area contributed by atoms with E-state index in [-0.39, 0.29) is 18.6 Å². The highest BCUT2D eigenvalue weighted by Gasteiger charge is 2.40. The third-order valence-corrected chi connectivity index (χ3v) is 4.70. The molecule has 1 aromatic carbocycles. The number of carbonyl (C=O) groups is 2. The van der Waals surface area contributed by atoms with Crippen molar-refractivity contribution in [3.8, 4) is 0 Å². The van der Waals surface area contributed by atoms with E-state index in [1.165, 1.54) is 0 Å². The quantitative estimate of drug-likeness (QED) is 0.404. The van der Waals surface area contributed by atoms with E-state index in [2.05, 4.69) is 10.0 Å². The maximum atomic E-state index is 12.9. The minimum Gasteiger partial charge on any atom is -0.447 e. The van der Waals surface area contributed by atoms with Crippen LogP contribution in [0.3, 0.4) is 0 Å². The lowest BCUT2D eigenvalue weighted by Crippen LogP contribution is -2.45. The number of amides is 2. The molecule has 7 heteroatoms. The second kappa shape index (κ2) is 9.08. The van der Waals surface area contributed by atoms with E-state index in [1.54, 1.807) is 0 Å². The van der Waals surface area contributed by atoms with E-state index in [1.807, 2.05) is 44.2 Å². The van der Waals surface area contributed by atoms with Crippen molar-refractivity contribution >= 4 is 12.0 Å². The Labute approximate surface area is 147 Å². The molecule has 25 heavy (non-hydrogen) atoms. The number of cyclic esters (lactones) is 1. The number of hydrogen-bond donors (Lipinski definition) is 0. The Hall–Kier alpha value is -2.53. The van der Waals surface area contributed by atoms with Gasteiger partial charge in [-0.1, -0.05) is 62.1 Å². The Bertz CT molecular complexity index is 639. The molecule has 134 valence electrons. The summed E-state index contributed by atoms with van der Waals surface area (Å²) < 4.78 is 5.09. The van der Waals surface area contributed by atoms with Crippen LogP contribution in [-0.2, 0) is 16.0 Å². The molecular weight excluding hydrogens is 320 g/mol. The molecule has 7 nitrogen and oxygen atoms in total. The maximum absolute atomic E-state index is 12.9. The molecule has 0 saturated carbocycles. The summed E-state index contributed by atoms with van der Waals surface area (Å²) in [6, 6.07) is 8.38. The van der Waals surface area contributed by atoms with Gasteiger partial charge in [0.05, 0.1) is 6.04 Å². The van der Waals surface area contributed by atoms with Crippen molar-refractivity contribution in [2.45, 2.75) is 51.6 Å². The lowest BCUT2D eigenvalue weighted by Gasteiger charge is -2.24. The standard InChI is InChI=1S/C18H24N4O3/c1-3-13(4-2)11-16(20-21-19)17(23)22-15(12-25-18(22)24)10-14-8-6-5-7-9-14/h5-9,13,15-16H,3-4,10-12H2,1-2H3/t15-,16-/m0/s1. The van der Waals surface area contributed by atoms with Gasteiger partial charge in [0, 0.05) is 4.91 Å². The lowest BCUT2D eigenvalue weighted by molar-refractivity contribution is -0.130. The van der Waals surface area contributed by atoms with Crippen LogP contribution in [0.5, 0.6) is 0 Å². The molecule has 2 rings (SSSR count). The molecule has 1 aliphatic heterocycles. The van der Waals surface area contributed by atoms with E-state index < -0.39 is 18.0 Å². The third-order valence-electron chi connectivity index (χ3n) is 4.70. The van der Waals surface area contributed by atoms with E-state index in [4.69, 9.17) is 10.3 Å². The highest BCUT2D eigenvalue weighted by atomic mass is 16.6. The molecule has 0 bridgehead atoms. The maximum Gasteiger partial charge on any atom is 0.416 e. The number of benzene rings is 1. The van der Waals surface area contributed by atoms with Crippen molar-refractivity contribution < 1.29 is 14.3 Å². The topological polar surface area (TPSA) is 95.4 Å². The molecule has 0 aromatic heterocycles. The Balaban J connectivity index is 2.17. The average molecular weight is 344 g/mol. The smallest absolute Gasteiger partial charge is 0.416 e. The molecule has 0 spiro atoms. The Kier molecular flexibility index (Phi) is 6.83. The number of nitrogens with zero attached hydrogens (tertiary/aromatic N) is 4. The van der Waals surface area contributed by atoms with Crippen LogP contribution in [-0.4, -0.2) is 35.6 Å². The van der Waals surface area contributed by atoms with Gasteiger partial charge in [-0.05, 0) is 29.9 Å².